The minimum Gasteiger partial charge on any atom is -0.398 e. The summed E-state index contributed by atoms with van der Waals surface area (Å²) in [6.07, 6.45) is 0. The van der Waals surface area contributed by atoms with Crippen LogP contribution in [0.2, 0.25) is 0 Å². The minimum atomic E-state index is -0.473. The third kappa shape index (κ3) is 2.70. The lowest BCUT2D eigenvalue weighted by molar-refractivity contribution is 0.0733. The van der Waals surface area contributed by atoms with Crippen molar-refractivity contribution in [2.75, 3.05) is 25.4 Å². The molecule has 0 aliphatic heterocycles. The molecule has 1 aromatic rings. The fraction of sp³-hybridized carbons (Fsp3) is 0.364. The summed E-state index contributed by atoms with van der Waals surface area (Å²) in [7, 11) is 0. The third-order valence-electron chi connectivity index (χ3n) is 2.28. The van der Waals surface area contributed by atoms with Crippen LogP contribution in [-0.2, 0) is 0 Å². The summed E-state index contributed by atoms with van der Waals surface area (Å²) in [5, 5.41) is 8.79. The van der Waals surface area contributed by atoms with Crippen molar-refractivity contribution in [2.45, 2.75) is 6.92 Å². The largest absolute Gasteiger partial charge is 0.398 e. The first kappa shape index (κ1) is 12.4. The second-order valence-corrected chi connectivity index (χ2v) is 3.34. The molecule has 0 saturated heterocycles. The van der Waals surface area contributed by atoms with Gasteiger partial charge in [0.2, 0.25) is 0 Å². The molecule has 0 aliphatic carbocycles. The number of halogens is 1. The number of aliphatic hydroxyl groups is 1. The van der Waals surface area contributed by atoms with Crippen molar-refractivity contribution in [2.24, 2.45) is 0 Å². The van der Waals surface area contributed by atoms with Crippen molar-refractivity contribution in [3.05, 3.63) is 29.6 Å². The average Bonchev–Trinajstić information content (AvgIpc) is 2.25. The molecular formula is C11H15FN2O2. The first-order valence-electron chi connectivity index (χ1n) is 5.05. The van der Waals surface area contributed by atoms with Crippen LogP contribution in [-0.4, -0.2) is 35.6 Å². The van der Waals surface area contributed by atoms with Gasteiger partial charge in [0, 0.05) is 18.8 Å². The number of amides is 1. The van der Waals surface area contributed by atoms with Crippen molar-refractivity contribution in [1.29, 1.82) is 0 Å². The van der Waals surface area contributed by atoms with Crippen LogP contribution in [0, 0.1) is 5.82 Å². The molecule has 3 N–H and O–H groups in total. The second-order valence-electron chi connectivity index (χ2n) is 3.34. The van der Waals surface area contributed by atoms with Gasteiger partial charge in [-0.2, -0.15) is 0 Å². The monoisotopic (exact) mass is 226 g/mol. The third-order valence-corrected chi connectivity index (χ3v) is 2.28. The van der Waals surface area contributed by atoms with Crippen molar-refractivity contribution in [3.63, 3.8) is 0 Å². The van der Waals surface area contributed by atoms with E-state index in [0.717, 1.165) is 6.07 Å². The van der Waals surface area contributed by atoms with E-state index in [1.54, 1.807) is 6.92 Å². The van der Waals surface area contributed by atoms with Gasteiger partial charge in [-0.05, 0) is 25.1 Å². The number of likely N-dealkylation sites (N-methyl/N-ethyl adjacent to an activating group) is 1. The Balaban J connectivity index is 2.94. The van der Waals surface area contributed by atoms with Gasteiger partial charge in [0.25, 0.3) is 5.91 Å². The highest BCUT2D eigenvalue weighted by atomic mass is 19.1. The summed E-state index contributed by atoms with van der Waals surface area (Å²) in [4.78, 5) is 13.4. The molecule has 0 radical (unpaired) electrons. The molecule has 0 bridgehead atoms. The second kappa shape index (κ2) is 5.46. The molecule has 88 valence electrons. The van der Waals surface area contributed by atoms with Crippen molar-refractivity contribution in [3.8, 4) is 0 Å². The van der Waals surface area contributed by atoms with Gasteiger partial charge in [0.05, 0.1) is 12.2 Å². The normalized spacial score (nSPS) is 10.2. The molecule has 1 aromatic carbocycles. The van der Waals surface area contributed by atoms with Crippen LogP contribution in [0.25, 0.3) is 0 Å². The zero-order chi connectivity index (χ0) is 12.1. The van der Waals surface area contributed by atoms with Crippen LogP contribution >= 0.6 is 0 Å². The molecule has 0 saturated carbocycles. The molecule has 0 heterocycles. The fourth-order valence-electron chi connectivity index (χ4n) is 1.42. The van der Waals surface area contributed by atoms with Gasteiger partial charge < -0.3 is 15.7 Å². The van der Waals surface area contributed by atoms with Crippen molar-refractivity contribution >= 4 is 11.6 Å². The number of hydrogen-bond acceptors (Lipinski definition) is 3. The summed E-state index contributed by atoms with van der Waals surface area (Å²) >= 11 is 0. The fourth-order valence-corrected chi connectivity index (χ4v) is 1.42. The van der Waals surface area contributed by atoms with E-state index < -0.39 is 5.82 Å². The number of benzene rings is 1. The molecule has 16 heavy (non-hydrogen) atoms. The SMILES string of the molecule is CCN(CCO)C(=O)c1ccc(F)cc1N. The molecule has 0 fully saturated rings. The van der Waals surface area contributed by atoms with E-state index in [1.165, 1.54) is 17.0 Å². The Kier molecular flexibility index (Phi) is 4.25. The average molecular weight is 226 g/mol. The van der Waals surface area contributed by atoms with E-state index in [1.807, 2.05) is 0 Å². The summed E-state index contributed by atoms with van der Waals surface area (Å²) in [5.41, 5.74) is 5.93. The summed E-state index contributed by atoms with van der Waals surface area (Å²) in [6.45, 7) is 2.40. The maximum absolute atomic E-state index is 12.8. The minimum absolute atomic E-state index is 0.110. The van der Waals surface area contributed by atoms with Gasteiger partial charge in [0.15, 0.2) is 0 Å². The number of aliphatic hydroxyl groups excluding tert-OH is 1. The van der Waals surface area contributed by atoms with E-state index in [0.29, 0.717) is 6.54 Å². The van der Waals surface area contributed by atoms with E-state index in [9.17, 15) is 9.18 Å². The Hall–Kier alpha value is -1.62. The Morgan fingerprint density at radius 3 is 2.75 bits per heavy atom. The first-order chi connectivity index (χ1) is 7.60. The molecule has 0 spiro atoms. The summed E-state index contributed by atoms with van der Waals surface area (Å²) in [6, 6.07) is 3.66. The molecule has 0 aromatic heterocycles. The number of nitrogens with zero attached hydrogens (tertiary/aromatic N) is 1. The number of carbonyl (C=O) groups excluding carboxylic acids is 1. The predicted molar refractivity (Wildman–Crippen MR) is 59.5 cm³/mol. The van der Waals surface area contributed by atoms with Crippen LogP contribution in [0.5, 0.6) is 0 Å². The highest BCUT2D eigenvalue weighted by Crippen LogP contribution is 2.15. The van der Waals surface area contributed by atoms with Gasteiger partial charge in [-0.1, -0.05) is 0 Å². The van der Waals surface area contributed by atoms with Crippen LogP contribution < -0.4 is 5.73 Å². The topological polar surface area (TPSA) is 66.6 Å². The molecule has 5 heteroatoms. The highest BCUT2D eigenvalue weighted by Gasteiger charge is 2.16. The predicted octanol–water partition coefficient (Wildman–Crippen LogP) is 0.862. The van der Waals surface area contributed by atoms with Crippen molar-refractivity contribution in [1.82, 2.24) is 4.90 Å². The number of nitrogen functional groups attached to an aromatic ring is 1. The van der Waals surface area contributed by atoms with Crippen molar-refractivity contribution < 1.29 is 14.3 Å². The molecule has 1 amide bonds. The maximum atomic E-state index is 12.8. The molecule has 0 aliphatic rings. The molecule has 1 rings (SSSR count). The molecule has 0 unspecified atom stereocenters. The van der Waals surface area contributed by atoms with Gasteiger partial charge in [-0.25, -0.2) is 4.39 Å². The van der Waals surface area contributed by atoms with Gasteiger partial charge in [-0.3, -0.25) is 4.79 Å². The highest BCUT2D eigenvalue weighted by molar-refractivity contribution is 5.99. The van der Waals surface area contributed by atoms with E-state index >= 15 is 0 Å². The van der Waals surface area contributed by atoms with E-state index in [-0.39, 0.29) is 30.3 Å². The first-order valence-corrected chi connectivity index (χ1v) is 5.05. The van der Waals surface area contributed by atoms with E-state index in [2.05, 4.69) is 0 Å². The zero-order valence-electron chi connectivity index (χ0n) is 9.11. The molecule has 4 nitrogen and oxygen atoms in total. The summed E-state index contributed by atoms with van der Waals surface area (Å²) in [5.74, 6) is -0.770. The molecule has 0 atom stereocenters. The van der Waals surface area contributed by atoms with Gasteiger partial charge in [0.1, 0.15) is 5.82 Å². The lowest BCUT2D eigenvalue weighted by Crippen LogP contribution is -2.33. The number of anilines is 1. The van der Waals surface area contributed by atoms with Crippen LogP contribution in [0.4, 0.5) is 10.1 Å². The number of nitrogens with two attached hydrogens (primary N) is 1. The lowest BCUT2D eigenvalue weighted by Gasteiger charge is -2.20. The van der Waals surface area contributed by atoms with Gasteiger partial charge in [-0.15, -0.1) is 0 Å². The summed E-state index contributed by atoms with van der Waals surface area (Å²) < 4.78 is 12.8. The quantitative estimate of drug-likeness (QED) is 0.748. The Morgan fingerprint density at radius 2 is 2.25 bits per heavy atom. The van der Waals surface area contributed by atoms with Crippen LogP contribution in [0.1, 0.15) is 17.3 Å². The lowest BCUT2D eigenvalue weighted by atomic mass is 10.1. The molecular weight excluding hydrogens is 211 g/mol. The number of rotatable bonds is 4. The smallest absolute Gasteiger partial charge is 0.256 e. The zero-order valence-corrected chi connectivity index (χ0v) is 9.11. The Bertz CT molecular complexity index is 382. The Labute approximate surface area is 93.5 Å². The Morgan fingerprint density at radius 1 is 1.56 bits per heavy atom. The van der Waals surface area contributed by atoms with E-state index in [4.69, 9.17) is 10.8 Å². The number of carbonyl (C=O) groups is 1. The standard InChI is InChI=1S/C11H15FN2O2/c1-2-14(5-6-15)11(16)9-4-3-8(12)7-10(9)13/h3-4,7,15H,2,5-6,13H2,1H3. The maximum Gasteiger partial charge on any atom is 0.256 e. The number of hydrogen-bond donors (Lipinski definition) is 2. The van der Waals surface area contributed by atoms with Gasteiger partial charge >= 0.3 is 0 Å². The van der Waals surface area contributed by atoms with Crippen LogP contribution in [0.15, 0.2) is 18.2 Å². The van der Waals surface area contributed by atoms with Crippen LogP contribution in [0.3, 0.4) is 0 Å².